The van der Waals surface area contributed by atoms with Crippen molar-refractivity contribution in [2.24, 2.45) is 5.16 Å². The van der Waals surface area contributed by atoms with Crippen molar-refractivity contribution in [2.75, 3.05) is 6.61 Å². The van der Waals surface area contributed by atoms with Crippen LogP contribution < -0.4 is 0 Å². The van der Waals surface area contributed by atoms with Gasteiger partial charge in [-0.2, -0.15) is 8.42 Å². The molecule has 0 saturated carbocycles. The van der Waals surface area contributed by atoms with Crippen molar-refractivity contribution in [3.8, 4) is 0 Å². The second kappa shape index (κ2) is 9.10. The zero-order valence-electron chi connectivity index (χ0n) is 13.3. The van der Waals surface area contributed by atoms with Crippen molar-refractivity contribution in [1.29, 1.82) is 0 Å². The number of thioether (sulfide) groups is 1. The number of oxime groups is 1. The second-order valence-corrected chi connectivity index (χ2v) is 7.64. The maximum absolute atomic E-state index is 10.8. The van der Waals surface area contributed by atoms with Crippen LogP contribution in [0.4, 0.5) is 0 Å². The van der Waals surface area contributed by atoms with Gasteiger partial charge in [-0.05, 0) is 5.56 Å². The number of ether oxygens (including phenoxy) is 1. The minimum absolute atomic E-state index is 0.0122. The van der Waals surface area contributed by atoms with E-state index < -0.39 is 46.9 Å². The maximum Gasteiger partial charge on any atom is 0.466 e. The van der Waals surface area contributed by atoms with Gasteiger partial charge < -0.3 is 25.2 Å². The molecule has 1 fully saturated rings. The van der Waals surface area contributed by atoms with Crippen molar-refractivity contribution in [3.63, 3.8) is 0 Å². The van der Waals surface area contributed by atoms with Crippen LogP contribution in [0.25, 0.3) is 0 Å². The molecule has 0 unspecified atom stereocenters. The predicted octanol–water partition coefficient (Wildman–Crippen LogP) is -1.10. The smallest absolute Gasteiger partial charge is 0.394 e. The Bertz CT molecular complexity index is 710. The van der Waals surface area contributed by atoms with E-state index >= 15 is 0 Å². The van der Waals surface area contributed by atoms with Crippen LogP contribution in [0.5, 0.6) is 0 Å². The summed E-state index contributed by atoms with van der Waals surface area (Å²) in [6, 6.07) is 8.73. The summed E-state index contributed by atoms with van der Waals surface area (Å²) in [6.45, 7) is -0.602. The first-order valence-electron chi connectivity index (χ1n) is 7.45. The Morgan fingerprint density at radius 2 is 1.81 bits per heavy atom. The summed E-state index contributed by atoms with van der Waals surface area (Å²) in [5, 5.41) is 42.2. The molecule has 1 aliphatic rings. The van der Waals surface area contributed by atoms with E-state index in [0.29, 0.717) is 0 Å². The molecule has 12 heteroatoms. The summed E-state index contributed by atoms with van der Waals surface area (Å²) in [6.07, 6.45) is -5.68. The van der Waals surface area contributed by atoms with Crippen LogP contribution in [0.3, 0.4) is 0 Å². The van der Waals surface area contributed by atoms with Gasteiger partial charge in [0, 0.05) is 6.42 Å². The van der Waals surface area contributed by atoms with Crippen LogP contribution in [-0.2, 0) is 25.8 Å². The highest BCUT2D eigenvalue weighted by atomic mass is 32.3. The SMILES string of the molecule is O=S(=O)(O)O/N=C(/Cc1ccccc1)S[C@@H]1O[C@H](CO)[C@H](O)[C@H](O)[C@@H]1O. The van der Waals surface area contributed by atoms with Gasteiger partial charge in [-0.1, -0.05) is 47.2 Å². The summed E-state index contributed by atoms with van der Waals surface area (Å²) in [4.78, 5) is 0. The Kier molecular flexibility index (Phi) is 7.37. The lowest BCUT2D eigenvalue weighted by atomic mass is 10.0. The van der Waals surface area contributed by atoms with Gasteiger partial charge in [0.15, 0.2) is 0 Å². The Balaban J connectivity index is 2.19. The molecule has 1 heterocycles. The number of hydrogen-bond donors (Lipinski definition) is 5. The third-order valence-corrected chi connectivity index (χ3v) is 4.91. The maximum atomic E-state index is 10.8. The van der Waals surface area contributed by atoms with E-state index in [0.717, 1.165) is 17.3 Å². The van der Waals surface area contributed by atoms with Crippen molar-refractivity contribution in [3.05, 3.63) is 35.9 Å². The molecular weight excluding hydrogens is 390 g/mol. The highest BCUT2D eigenvalue weighted by molar-refractivity contribution is 8.14. The fourth-order valence-electron chi connectivity index (χ4n) is 2.25. The average Bonchev–Trinajstić information content (AvgIpc) is 2.60. The molecule has 26 heavy (non-hydrogen) atoms. The highest BCUT2D eigenvalue weighted by Gasteiger charge is 2.44. The van der Waals surface area contributed by atoms with Gasteiger partial charge in [-0.25, -0.2) is 4.28 Å². The van der Waals surface area contributed by atoms with Crippen LogP contribution in [-0.4, -0.2) is 74.9 Å². The number of aliphatic hydroxyl groups is 4. The van der Waals surface area contributed by atoms with Crippen molar-refractivity contribution >= 4 is 27.2 Å². The highest BCUT2D eigenvalue weighted by Crippen LogP contribution is 2.30. The van der Waals surface area contributed by atoms with Gasteiger partial charge in [-0.3, -0.25) is 4.55 Å². The van der Waals surface area contributed by atoms with Gasteiger partial charge >= 0.3 is 10.4 Å². The van der Waals surface area contributed by atoms with Crippen LogP contribution in [0.2, 0.25) is 0 Å². The first-order chi connectivity index (χ1) is 12.2. The molecule has 1 aromatic rings. The van der Waals surface area contributed by atoms with Gasteiger partial charge in [-0.15, -0.1) is 0 Å². The first kappa shape index (κ1) is 21.1. The molecule has 0 amide bonds. The summed E-state index contributed by atoms with van der Waals surface area (Å²) < 4.78 is 39.6. The molecule has 0 aromatic heterocycles. The Morgan fingerprint density at radius 3 is 2.38 bits per heavy atom. The Labute approximate surface area is 154 Å². The van der Waals surface area contributed by atoms with E-state index in [-0.39, 0.29) is 11.5 Å². The van der Waals surface area contributed by atoms with Gasteiger partial charge in [0.25, 0.3) is 0 Å². The molecule has 5 N–H and O–H groups in total. The molecule has 146 valence electrons. The molecule has 0 bridgehead atoms. The predicted molar refractivity (Wildman–Crippen MR) is 91.6 cm³/mol. The fraction of sp³-hybridized carbons (Fsp3) is 0.500. The fourth-order valence-corrected chi connectivity index (χ4v) is 3.58. The topological polar surface area (TPSA) is 166 Å². The van der Waals surface area contributed by atoms with E-state index in [2.05, 4.69) is 9.44 Å². The third kappa shape index (κ3) is 5.89. The van der Waals surface area contributed by atoms with Crippen LogP contribution in [0.1, 0.15) is 5.56 Å². The van der Waals surface area contributed by atoms with E-state index in [1.807, 2.05) is 0 Å². The number of benzene rings is 1. The molecule has 5 atom stereocenters. The lowest BCUT2D eigenvalue weighted by Crippen LogP contribution is -2.57. The second-order valence-electron chi connectivity index (χ2n) is 5.46. The molecule has 1 aliphatic heterocycles. The van der Waals surface area contributed by atoms with Crippen molar-refractivity contribution < 1.29 is 42.4 Å². The Morgan fingerprint density at radius 1 is 1.15 bits per heavy atom. The van der Waals surface area contributed by atoms with Crippen LogP contribution in [0, 0.1) is 0 Å². The normalized spacial score (nSPS) is 30.2. The molecule has 0 spiro atoms. The van der Waals surface area contributed by atoms with E-state index in [1.165, 1.54) is 0 Å². The summed E-state index contributed by atoms with van der Waals surface area (Å²) in [5.74, 6) is 0. The minimum Gasteiger partial charge on any atom is -0.394 e. The number of nitrogens with zero attached hydrogens (tertiary/aromatic N) is 1. The van der Waals surface area contributed by atoms with Crippen molar-refractivity contribution in [1.82, 2.24) is 0 Å². The number of aliphatic hydroxyl groups excluding tert-OH is 4. The number of hydrogen-bond acceptors (Lipinski definition) is 10. The van der Waals surface area contributed by atoms with Gasteiger partial charge in [0.2, 0.25) is 0 Å². The Hall–Kier alpha value is -1.25. The quantitative estimate of drug-likeness (QED) is 0.168. The largest absolute Gasteiger partial charge is 0.466 e. The monoisotopic (exact) mass is 409 g/mol. The van der Waals surface area contributed by atoms with Crippen molar-refractivity contribution in [2.45, 2.75) is 36.3 Å². The van der Waals surface area contributed by atoms with E-state index in [1.54, 1.807) is 30.3 Å². The summed E-state index contributed by atoms with van der Waals surface area (Å²) >= 11 is 0.729. The average molecular weight is 409 g/mol. The van der Waals surface area contributed by atoms with Gasteiger partial charge in [0.1, 0.15) is 34.9 Å². The molecule has 0 radical (unpaired) electrons. The summed E-state index contributed by atoms with van der Waals surface area (Å²) in [7, 11) is -4.83. The van der Waals surface area contributed by atoms with E-state index in [9.17, 15) is 28.8 Å². The zero-order chi connectivity index (χ0) is 19.3. The van der Waals surface area contributed by atoms with Gasteiger partial charge in [0.05, 0.1) is 6.61 Å². The standard InChI is InChI=1S/C14H19NO9S2/c16-7-9-11(17)12(18)13(19)14(23-9)25-10(15-24-26(20,21)22)6-8-4-2-1-3-5-8/h1-5,9,11-14,16-19H,6-7H2,(H,20,21,22)/b15-10-/t9-,11+,12+,13+,14+/m1/s1. The molecular formula is C14H19NO9S2. The summed E-state index contributed by atoms with van der Waals surface area (Å²) in [5.41, 5.74) is -0.444. The number of rotatable bonds is 6. The minimum atomic E-state index is -4.83. The molecule has 10 nitrogen and oxygen atoms in total. The molecule has 1 saturated heterocycles. The lowest BCUT2D eigenvalue weighted by Gasteiger charge is -2.39. The van der Waals surface area contributed by atoms with Crippen LogP contribution >= 0.6 is 11.8 Å². The first-order valence-corrected chi connectivity index (χ1v) is 9.69. The molecule has 0 aliphatic carbocycles. The van der Waals surface area contributed by atoms with Crippen LogP contribution in [0.15, 0.2) is 35.5 Å². The van der Waals surface area contributed by atoms with E-state index in [4.69, 9.17) is 9.29 Å². The third-order valence-electron chi connectivity index (χ3n) is 3.53. The lowest BCUT2D eigenvalue weighted by molar-refractivity contribution is -0.205. The zero-order valence-corrected chi connectivity index (χ0v) is 15.0. The molecule has 2 rings (SSSR count). The molecule has 1 aromatic carbocycles.